The van der Waals surface area contributed by atoms with E-state index >= 15 is 0 Å². The number of aliphatic carboxylic acids is 1. The summed E-state index contributed by atoms with van der Waals surface area (Å²) < 4.78 is 0. The Morgan fingerprint density at radius 3 is 2.06 bits per heavy atom. The zero-order valence-corrected chi connectivity index (χ0v) is 10.0. The van der Waals surface area contributed by atoms with Crippen molar-refractivity contribution in [3.05, 3.63) is 12.7 Å². The Balaban J connectivity index is 0. The monoisotopic (exact) mass is 244 g/mol. The van der Waals surface area contributed by atoms with Crippen LogP contribution in [0.2, 0.25) is 0 Å². The topological polar surface area (TPSA) is 123 Å². The predicted molar refractivity (Wildman–Crippen MR) is 63.9 cm³/mol. The summed E-state index contributed by atoms with van der Waals surface area (Å²) in [6, 6.07) is 0. The van der Waals surface area contributed by atoms with Crippen LogP contribution in [0, 0.1) is 5.92 Å². The molecular weight excluding hydrogens is 224 g/mol. The molecule has 0 aromatic rings. The van der Waals surface area contributed by atoms with Crippen LogP contribution in [0.3, 0.4) is 0 Å². The van der Waals surface area contributed by atoms with Crippen molar-refractivity contribution < 1.29 is 19.5 Å². The van der Waals surface area contributed by atoms with Crippen LogP contribution in [-0.4, -0.2) is 22.9 Å². The number of primary amides is 2. The van der Waals surface area contributed by atoms with E-state index in [4.69, 9.17) is 16.6 Å². The molecule has 98 valence electrons. The molecule has 0 rings (SSSR count). The Kier molecular flexibility index (Phi) is 11.0. The van der Waals surface area contributed by atoms with Gasteiger partial charge in [0.25, 0.3) is 0 Å². The number of carboxylic acids is 1. The van der Waals surface area contributed by atoms with Gasteiger partial charge in [-0.2, -0.15) is 0 Å². The minimum Gasteiger partial charge on any atom is -0.478 e. The molecule has 0 aromatic heterocycles. The van der Waals surface area contributed by atoms with E-state index in [1.165, 1.54) is 0 Å². The van der Waals surface area contributed by atoms with Gasteiger partial charge in [-0.15, -0.1) is 0 Å². The highest BCUT2D eigenvalue weighted by atomic mass is 16.4. The van der Waals surface area contributed by atoms with Crippen LogP contribution in [0.4, 0.5) is 0 Å². The number of carbonyl (C=O) groups excluding carboxylic acids is 2. The number of unbranched alkanes of at least 4 members (excludes halogenated alkanes) is 1. The second-order valence-electron chi connectivity index (χ2n) is 3.45. The molecule has 1 unspecified atom stereocenters. The van der Waals surface area contributed by atoms with Crippen LogP contribution in [-0.2, 0) is 14.4 Å². The summed E-state index contributed by atoms with van der Waals surface area (Å²) in [5.74, 6) is -2.25. The van der Waals surface area contributed by atoms with Gasteiger partial charge < -0.3 is 16.6 Å². The summed E-state index contributed by atoms with van der Waals surface area (Å²) in [5, 5.41) is 7.60. The Morgan fingerprint density at radius 2 is 1.82 bits per heavy atom. The molecular formula is C11H20N2O4. The van der Waals surface area contributed by atoms with E-state index in [0.717, 1.165) is 18.9 Å². The predicted octanol–water partition coefficient (Wildman–Crippen LogP) is 0.411. The second-order valence-corrected chi connectivity index (χ2v) is 3.45. The van der Waals surface area contributed by atoms with Crippen molar-refractivity contribution in [1.29, 1.82) is 0 Å². The fourth-order valence-electron chi connectivity index (χ4n) is 1.04. The molecule has 0 spiro atoms. The average molecular weight is 244 g/mol. The number of rotatable bonds is 7. The molecule has 0 bridgehead atoms. The van der Waals surface area contributed by atoms with Gasteiger partial charge in [0.2, 0.25) is 11.8 Å². The zero-order valence-electron chi connectivity index (χ0n) is 10.0. The summed E-state index contributed by atoms with van der Waals surface area (Å²) in [5.41, 5.74) is 10.0. The summed E-state index contributed by atoms with van der Waals surface area (Å²) in [6.07, 6.45) is 3.47. The van der Waals surface area contributed by atoms with Crippen molar-refractivity contribution in [2.45, 2.75) is 32.6 Å². The first-order valence-corrected chi connectivity index (χ1v) is 5.28. The zero-order chi connectivity index (χ0) is 13.8. The fraction of sp³-hybridized carbons (Fsp3) is 0.545. The Hall–Kier alpha value is -1.85. The summed E-state index contributed by atoms with van der Waals surface area (Å²) >= 11 is 0. The average Bonchev–Trinajstić information content (AvgIpc) is 2.24. The van der Waals surface area contributed by atoms with E-state index in [9.17, 15) is 14.4 Å². The lowest BCUT2D eigenvalue weighted by Crippen LogP contribution is -2.28. The highest BCUT2D eigenvalue weighted by Crippen LogP contribution is 2.11. The maximum Gasteiger partial charge on any atom is 0.327 e. The molecule has 0 aliphatic carbocycles. The first-order chi connectivity index (χ1) is 7.84. The quantitative estimate of drug-likeness (QED) is 0.561. The van der Waals surface area contributed by atoms with Crippen molar-refractivity contribution in [3.63, 3.8) is 0 Å². The van der Waals surface area contributed by atoms with Crippen molar-refractivity contribution in [1.82, 2.24) is 0 Å². The molecule has 0 heterocycles. The number of carboxylic acid groups (broad SMARTS) is 1. The SMILES string of the molecule is C=CC(=O)O.CCCCC(CC(N)=O)C(N)=O. The van der Waals surface area contributed by atoms with E-state index in [1.807, 2.05) is 6.92 Å². The van der Waals surface area contributed by atoms with Gasteiger partial charge in [0.15, 0.2) is 0 Å². The lowest BCUT2D eigenvalue weighted by Gasteiger charge is -2.09. The molecule has 5 N–H and O–H groups in total. The Labute approximate surface area is 101 Å². The minimum absolute atomic E-state index is 0.0787. The Bertz CT molecular complexity index is 277. The minimum atomic E-state index is -0.981. The number of carbonyl (C=O) groups is 3. The van der Waals surface area contributed by atoms with Crippen LogP contribution >= 0.6 is 0 Å². The van der Waals surface area contributed by atoms with E-state index in [2.05, 4.69) is 6.58 Å². The first kappa shape index (κ1) is 17.5. The van der Waals surface area contributed by atoms with E-state index in [0.29, 0.717) is 6.42 Å². The number of hydrogen-bond donors (Lipinski definition) is 3. The molecule has 6 nitrogen and oxygen atoms in total. The van der Waals surface area contributed by atoms with Crippen LogP contribution in [0.15, 0.2) is 12.7 Å². The van der Waals surface area contributed by atoms with E-state index < -0.39 is 17.8 Å². The lowest BCUT2D eigenvalue weighted by atomic mass is 9.98. The van der Waals surface area contributed by atoms with E-state index in [1.54, 1.807) is 0 Å². The molecule has 0 radical (unpaired) electrons. The third-order valence-electron chi connectivity index (χ3n) is 1.93. The third-order valence-corrected chi connectivity index (χ3v) is 1.93. The second kappa shape index (κ2) is 10.7. The molecule has 0 aliphatic heterocycles. The fourth-order valence-corrected chi connectivity index (χ4v) is 1.04. The molecule has 0 fully saturated rings. The highest BCUT2D eigenvalue weighted by Gasteiger charge is 2.16. The van der Waals surface area contributed by atoms with Crippen molar-refractivity contribution in [3.8, 4) is 0 Å². The smallest absolute Gasteiger partial charge is 0.327 e. The van der Waals surface area contributed by atoms with Crippen LogP contribution in [0.25, 0.3) is 0 Å². The molecule has 2 amide bonds. The van der Waals surface area contributed by atoms with Gasteiger partial charge in [0.05, 0.1) is 0 Å². The molecule has 0 saturated carbocycles. The van der Waals surface area contributed by atoms with Gasteiger partial charge in [-0.1, -0.05) is 26.3 Å². The molecule has 1 atom stereocenters. The van der Waals surface area contributed by atoms with Crippen molar-refractivity contribution in [2.24, 2.45) is 17.4 Å². The maximum atomic E-state index is 10.8. The summed E-state index contributed by atoms with van der Waals surface area (Å²) in [4.78, 5) is 30.5. The Morgan fingerprint density at radius 1 is 1.35 bits per heavy atom. The van der Waals surface area contributed by atoms with Gasteiger partial charge in [-0.3, -0.25) is 9.59 Å². The molecule has 17 heavy (non-hydrogen) atoms. The standard InChI is InChI=1S/C8H16N2O2.C3H4O2/c1-2-3-4-6(8(10)12)5-7(9)11;1-2-3(4)5/h6H,2-5H2,1H3,(H2,9,11)(H2,10,12);2H,1H2,(H,4,5). The normalized spacial score (nSPS) is 10.6. The molecule has 6 heteroatoms. The van der Waals surface area contributed by atoms with Crippen LogP contribution in [0.1, 0.15) is 32.6 Å². The van der Waals surface area contributed by atoms with Crippen LogP contribution in [0.5, 0.6) is 0 Å². The summed E-state index contributed by atoms with van der Waals surface area (Å²) in [7, 11) is 0. The van der Waals surface area contributed by atoms with Crippen molar-refractivity contribution in [2.75, 3.05) is 0 Å². The number of nitrogens with two attached hydrogens (primary N) is 2. The molecule has 0 saturated heterocycles. The first-order valence-electron chi connectivity index (χ1n) is 5.28. The molecule has 0 aliphatic rings. The van der Waals surface area contributed by atoms with E-state index in [-0.39, 0.29) is 12.3 Å². The number of amides is 2. The largest absolute Gasteiger partial charge is 0.478 e. The van der Waals surface area contributed by atoms with Crippen molar-refractivity contribution >= 4 is 17.8 Å². The lowest BCUT2D eigenvalue weighted by molar-refractivity contribution is -0.131. The third kappa shape index (κ3) is 14.2. The molecule has 0 aromatic carbocycles. The van der Waals surface area contributed by atoms with Gasteiger partial charge in [0, 0.05) is 18.4 Å². The number of hydrogen-bond acceptors (Lipinski definition) is 3. The van der Waals surface area contributed by atoms with Gasteiger partial charge in [0.1, 0.15) is 0 Å². The van der Waals surface area contributed by atoms with Gasteiger partial charge in [-0.25, -0.2) is 4.79 Å². The van der Waals surface area contributed by atoms with Gasteiger partial charge in [-0.05, 0) is 6.42 Å². The summed E-state index contributed by atoms with van der Waals surface area (Å²) in [6.45, 7) is 4.98. The highest BCUT2D eigenvalue weighted by molar-refractivity contribution is 5.83. The van der Waals surface area contributed by atoms with Crippen LogP contribution < -0.4 is 11.5 Å². The van der Waals surface area contributed by atoms with Gasteiger partial charge >= 0.3 is 5.97 Å². The maximum absolute atomic E-state index is 10.8.